The fraction of sp³-hybridized carbons (Fsp3) is 0.143. The molecule has 1 aliphatic heterocycles. The minimum atomic E-state index is -1.23. The van der Waals surface area contributed by atoms with Crippen molar-refractivity contribution in [2.45, 2.75) is 12.8 Å². The first-order valence-electron chi connectivity index (χ1n) is 5.92. The molecular formula is C14H11Cl2NO4. The average molecular weight is 328 g/mol. The number of hydrogen-bond donors (Lipinski definition) is 3. The van der Waals surface area contributed by atoms with Crippen LogP contribution in [0, 0.1) is 0 Å². The lowest BCUT2D eigenvalue weighted by molar-refractivity contribution is -0.133. The molecule has 0 saturated carbocycles. The first-order chi connectivity index (χ1) is 9.84. The highest BCUT2D eigenvalue weighted by Gasteiger charge is 2.35. The van der Waals surface area contributed by atoms with Crippen molar-refractivity contribution in [2.75, 3.05) is 0 Å². The minimum absolute atomic E-state index is 0.0703. The van der Waals surface area contributed by atoms with E-state index in [-0.39, 0.29) is 21.2 Å². The van der Waals surface area contributed by atoms with Crippen LogP contribution >= 0.6 is 23.2 Å². The lowest BCUT2D eigenvalue weighted by Gasteiger charge is -2.26. The molecule has 2 rings (SSSR count). The zero-order valence-corrected chi connectivity index (χ0v) is 12.4. The molecule has 0 bridgehead atoms. The molecule has 1 aromatic rings. The van der Waals surface area contributed by atoms with Crippen molar-refractivity contribution in [3.05, 3.63) is 56.9 Å². The van der Waals surface area contributed by atoms with Crippen LogP contribution in [0.1, 0.15) is 18.4 Å². The smallest absolute Gasteiger partial charge is 0.334 e. The van der Waals surface area contributed by atoms with E-state index in [0.717, 1.165) is 0 Å². The van der Waals surface area contributed by atoms with Crippen molar-refractivity contribution in [3.63, 3.8) is 0 Å². The van der Waals surface area contributed by atoms with Gasteiger partial charge in [0.1, 0.15) is 0 Å². The Labute approximate surface area is 130 Å². The Morgan fingerprint density at radius 1 is 1.19 bits per heavy atom. The van der Waals surface area contributed by atoms with Gasteiger partial charge in [-0.2, -0.15) is 0 Å². The Morgan fingerprint density at radius 2 is 1.86 bits per heavy atom. The van der Waals surface area contributed by atoms with Gasteiger partial charge in [0.05, 0.1) is 27.1 Å². The molecule has 0 radical (unpaired) electrons. The number of dihydropyridines is 1. The van der Waals surface area contributed by atoms with Crippen LogP contribution in [0.2, 0.25) is 10.0 Å². The standard InChI is InChI=1S/C14H11Cl2NO4/c1-6-10(14(20)21)11(8(5-17-6)13(18)19)7-3-2-4-9(15)12(7)16/h2-5,11,17H,1H3,(H,18,19)(H,20,21). The third kappa shape index (κ3) is 2.75. The van der Waals surface area contributed by atoms with Crippen LogP contribution in [0.5, 0.6) is 0 Å². The van der Waals surface area contributed by atoms with E-state index in [4.69, 9.17) is 23.2 Å². The Morgan fingerprint density at radius 3 is 2.43 bits per heavy atom. The molecule has 5 nitrogen and oxygen atoms in total. The van der Waals surface area contributed by atoms with Gasteiger partial charge in [0.15, 0.2) is 0 Å². The third-order valence-electron chi connectivity index (χ3n) is 3.22. The number of aliphatic carboxylic acids is 2. The Kier molecular flexibility index (Phi) is 4.25. The van der Waals surface area contributed by atoms with Crippen molar-refractivity contribution in [1.82, 2.24) is 5.32 Å². The van der Waals surface area contributed by atoms with Gasteiger partial charge in [-0.15, -0.1) is 0 Å². The lowest BCUT2D eigenvalue weighted by atomic mass is 9.82. The Balaban J connectivity index is 2.70. The number of carboxylic acids is 2. The fourth-order valence-corrected chi connectivity index (χ4v) is 2.67. The molecule has 0 aliphatic carbocycles. The van der Waals surface area contributed by atoms with Gasteiger partial charge in [-0.05, 0) is 18.6 Å². The van der Waals surface area contributed by atoms with E-state index in [1.54, 1.807) is 25.1 Å². The van der Waals surface area contributed by atoms with Crippen molar-refractivity contribution in [3.8, 4) is 0 Å². The summed E-state index contributed by atoms with van der Waals surface area (Å²) in [5, 5.41) is 21.8. The van der Waals surface area contributed by atoms with E-state index in [2.05, 4.69) is 5.32 Å². The zero-order chi connectivity index (χ0) is 15.7. The maximum absolute atomic E-state index is 11.5. The number of hydrogen-bond acceptors (Lipinski definition) is 3. The second-order valence-electron chi connectivity index (χ2n) is 4.47. The highest BCUT2D eigenvalue weighted by atomic mass is 35.5. The van der Waals surface area contributed by atoms with Crippen molar-refractivity contribution < 1.29 is 19.8 Å². The number of rotatable bonds is 3. The molecule has 1 aliphatic rings. The SMILES string of the molecule is CC1=C(C(=O)O)C(c2cccc(Cl)c2Cl)C(C(=O)O)=CN1. The summed E-state index contributed by atoms with van der Waals surface area (Å²) in [5.41, 5.74) is 0.519. The quantitative estimate of drug-likeness (QED) is 0.794. The van der Waals surface area contributed by atoms with E-state index in [1.807, 2.05) is 0 Å². The predicted octanol–water partition coefficient (Wildman–Crippen LogP) is 3.01. The topological polar surface area (TPSA) is 86.6 Å². The summed E-state index contributed by atoms with van der Waals surface area (Å²) >= 11 is 12.1. The molecule has 0 fully saturated rings. The van der Waals surface area contributed by atoms with E-state index in [9.17, 15) is 19.8 Å². The molecule has 7 heteroatoms. The molecular weight excluding hydrogens is 317 g/mol. The van der Waals surface area contributed by atoms with Crippen LogP contribution in [0.4, 0.5) is 0 Å². The number of benzene rings is 1. The summed E-state index contributed by atoms with van der Waals surface area (Å²) in [4.78, 5) is 22.9. The molecule has 1 atom stereocenters. The van der Waals surface area contributed by atoms with Crippen LogP contribution in [-0.2, 0) is 9.59 Å². The van der Waals surface area contributed by atoms with Gasteiger partial charge in [0.25, 0.3) is 0 Å². The molecule has 3 N–H and O–H groups in total. The van der Waals surface area contributed by atoms with Crippen LogP contribution in [0.15, 0.2) is 41.2 Å². The van der Waals surface area contributed by atoms with Crippen molar-refractivity contribution in [2.24, 2.45) is 0 Å². The average Bonchev–Trinajstić information content (AvgIpc) is 2.40. The van der Waals surface area contributed by atoms with Gasteiger partial charge in [0, 0.05) is 11.9 Å². The summed E-state index contributed by atoms with van der Waals surface area (Å²) < 4.78 is 0. The number of halogens is 2. The maximum atomic E-state index is 11.5. The molecule has 110 valence electrons. The molecule has 1 heterocycles. The normalized spacial score (nSPS) is 18.0. The van der Waals surface area contributed by atoms with Gasteiger partial charge in [-0.25, -0.2) is 9.59 Å². The molecule has 1 aromatic carbocycles. The molecule has 21 heavy (non-hydrogen) atoms. The minimum Gasteiger partial charge on any atom is -0.478 e. The van der Waals surface area contributed by atoms with E-state index in [1.165, 1.54) is 6.20 Å². The zero-order valence-electron chi connectivity index (χ0n) is 10.9. The lowest BCUT2D eigenvalue weighted by Crippen LogP contribution is -2.28. The summed E-state index contributed by atoms with van der Waals surface area (Å²) in [7, 11) is 0. The fourth-order valence-electron chi connectivity index (χ4n) is 2.25. The molecule has 0 amide bonds. The van der Waals surface area contributed by atoms with Gasteiger partial charge >= 0.3 is 11.9 Å². The Bertz CT molecular complexity index is 694. The monoisotopic (exact) mass is 327 g/mol. The number of nitrogens with one attached hydrogen (secondary N) is 1. The number of carbonyl (C=O) groups is 2. The van der Waals surface area contributed by atoms with E-state index >= 15 is 0 Å². The molecule has 0 aromatic heterocycles. The highest BCUT2D eigenvalue weighted by molar-refractivity contribution is 6.42. The maximum Gasteiger partial charge on any atom is 0.334 e. The van der Waals surface area contributed by atoms with Gasteiger partial charge in [-0.3, -0.25) is 0 Å². The van der Waals surface area contributed by atoms with E-state index < -0.39 is 17.9 Å². The predicted molar refractivity (Wildman–Crippen MR) is 78.4 cm³/mol. The first-order valence-corrected chi connectivity index (χ1v) is 6.68. The molecule has 0 saturated heterocycles. The summed E-state index contributed by atoms with van der Waals surface area (Å²) in [6.45, 7) is 1.56. The second-order valence-corrected chi connectivity index (χ2v) is 5.25. The highest BCUT2D eigenvalue weighted by Crippen LogP contribution is 2.41. The first kappa shape index (κ1) is 15.4. The second kappa shape index (κ2) is 5.79. The van der Waals surface area contributed by atoms with Crippen LogP contribution < -0.4 is 5.32 Å². The van der Waals surface area contributed by atoms with E-state index in [0.29, 0.717) is 11.3 Å². The molecule has 0 spiro atoms. The number of allylic oxidation sites excluding steroid dienone is 1. The summed E-state index contributed by atoms with van der Waals surface area (Å²) in [6.07, 6.45) is 1.27. The van der Waals surface area contributed by atoms with Crippen molar-refractivity contribution >= 4 is 35.1 Å². The van der Waals surface area contributed by atoms with Crippen LogP contribution in [0.3, 0.4) is 0 Å². The van der Waals surface area contributed by atoms with Crippen LogP contribution in [-0.4, -0.2) is 22.2 Å². The third-order valence-corrected chi connectivity index (χ3v) is 4.05. The summed E-state index contributed by atoms with van der Waals surface area (Å²) in [6, 6.07) is 4.71. The van der Waals surface area contributed by atoms with Crippen molar-refractivity contribution in [1.29, 1.82) is 0 Å². The summed E-state index contributed by atoms with van der Waals surface area (Å²) in [5.74, 6) is -3.44. The molecule has 1 unspecified atom stereocenters. The van der Waals surface area contributed by atoms with Crippen LogP contribution in [0.25, 0.3) is 0 Å². The Hall–Kier alpha value is -1.98. The largest absolute Gasteiger partial charge is 0.478 e. The van der Waals surface area contributed by atoms with Gasteiger partial charge in [0.2, 0.25) is 0 Å². The van der Waals surface area contributed by atoms with Gasteiger partial charge in [-0.1, -0.05) is 35.3 Å². The van der Waals surface area contributed by atoms with Gasteiger partial charge < -0.3 is 15.5 Å². The number of carboxylic acid groups (broad SMARTS) is 2.